The summed E-state index contributed by atoms with van der Waals surface area (Å²) in [4.78, 5) is 29.7. The molecule has 1 atom stereocenters. The summed E-state index contributed by atoms with van der Waals surface area (Å²) in [5.41, 5.74) is 16.5. The minimum atomic E-state index is -1.23. The van der Waals surface area contributed by atoms with E-state index >= 15 is 0 Å². The summed E-state index contributed by atoms with van der Waals surface area (Å²) in [6, 6.07) is 24.3. The van der Waals surface area contributed by atoms with Crippen LogP contribution in [-0.2, 0) is 48.7 Å². The predicted molar refractivity (Wildman–Crippen MR) is 173 cm³/mol. The fourth-order valence-corrected chi connectivity index (χ4v) is 6.66. The van der Waals surface area contributed by atoms with Crippen LogP contribution in [0.15, 0.2) is 84.9 Å². The van der Waals surface area contributed by atoms with E-state index in [1.165, 1.54) is 24.3 Å². The van der Waals surface area contributed by atoms with Crippen LogP contribution in [0.25, 0.3) is 0 Å². The second kappa shape index (κ2) is 13.9. The number of halogens is 2. The van der Waals surface area contributed by atoms with Gasteiger partial charge >= 0.3 is 0 Å². The highest BCUT2D eigenvalue weighted by atomic mass is 19.1. The van der Waals surface area contributed by atoms with Crippen LogP contribution in [0.2, 0.25) is 0 Å². The first kappa shape index (κ1) is 32.2. The first-order valence-electron chi connectivity index (χ1n) is 15.8. The van der Waals surface area contributed by atoms with E-state index in [1.807, 2.05) is 42.5 Å². The summed E-state index contributed by atoms with van der Waals surface area (Å²) >= 11 is 0. The number of nitrogens with two attached hydrogens (primary N) is 2. The highest BCUT2D eigenvalue weighted by molar-refractivity contribution is 5.85. The second-order valence-electron chi connectivity index (χ2n) is 12.2. The summed E-state index contributed by atoms with van der Waals surface area (Å²) in [5, 5.41) is 0. The molecule has 4 N–H and O–H groups in total. The molecule has 0 aliphatic carbocycles. The molecule has 4 aromatic rings. The molecule has 0 saturated carbocycles. The molecule has 244 valence electrons. The number of carbonyl (C=O) groups is 2. The van der Waals surface area contributed by atoms with Crippen molar-refractivity contribution in [3.63, 3.8) is 0 Å². The summed E-state index contributed by atoms with van der Waals surface area (Å²) in [7, 11) is 0. The van der Waals surface area contributed by atoms with Crippen molar-refractivity contribution in [3.05, 3.63) is 130 Å². The summed E-state index contributed by atoms with van der Waals surface area (Å²) in [6.07, 6.45) is 1.50. The Hall–Kier alpha value is -4.80. The topological polar surface area (TPSA) is 111 Å². The van der Waals surface area contributed by atoms with Gasteiger partial charge in [0.25, 0.3) is 5.91 Å². The fourth-order valence-electron chi connectivity index (χ4n) is 6.66. The standard InChI is InChI=1S/C37H38F2N4O4/c38-31-8-4-25(5-9-31)23-46-33-10-6-29-21-42(16-13-27(29)19-33)37(36(41)45,15-12-35(40)44)43-17-14-28-20-34(11-7-30(28)22-43)47-24-26-2-1-3-32(39)18-26/h1-11,18-20H,12-17,21-24H2,(H2,40,44)(H2,41,45). The maximum absolute atomic E-state index is 13.6. The molecule has 0 bridgehead atoms. The lowest BCUT2D eigenvalue weighted by atomic mass is 9.89. The molecule has 0 fully saturated rings. The van der Waals surface area contributed by atoms with E-state index in [2.05, 4.69) is 9.80 Å². The summed E-state index contributed by atoms with van der Waals surface area (Å²) in [6.45, 7) is 2.58. The van der Waals surface area contributed by atoms with Gasteiger partial charge in [0.05, 0.1) is 0 Å². The van der Waals surface area contributed by atoms with Crippen LogP contribution in [0.1, 0.15) is 46.2 Å². The predicted octanol–water partition coefficient (Wildman–Crippen LogP) is 4.99. The normalized spacial score (nSPS) is 16.0. The van der Waals surface area contributed by atoms with Crippen molar-refractivity contribution in [1.82, 2.24) is 9.80 Å². The molecule has 0 aromatic heterocycles. The number of hydrogen-bond donors (Lipinski definition) is 2. The molecule has 2 aliphatic heterocycles. The quantitative estimate of drug-likeness (QED) is 0.226. The average molecular weight is 641 g/mol. The second-order valence-corrected chi connectivity index (χ2v) is 12.2. The van der Waals surface area contributed by atoms with Crippen LogP contribution in [0.4, 0.5) is 8.78 Å². The number of benzene rings is 4. The van der Waals surface area contributed by atoms with Gasteiger partial charge in [0.2, 0.25) is 5.91 Å². The Bertz CT molecular complexity index is 1770. The van der Waals surface area contributed by atoms with Crippen molar-refractivity contribution < 1.29 is 27.8 Å². The number of amides is 2. The minimum absolute atomic E-state index is 0.0126. The van der Waals surface area contributed by atoms with Crippen molar-refractivity contribution in [2.24, 2.45) is 11.5 Å². The van der Waals surface area contributed by atoms with Crippen LogP contribution < -0.4 is 20.9 Å². The van der Waals surface area contributed by atoms with E-state index in [4.69, 9.17) is 20.9 Å². The maximum atomic E-state index is 13.6. The monoisotopic (exact) mass is 640 g/mol. The zero-order valence-electron chi connectivity index (χ0n) is 26.1. The van der Waals surface area contributed by atoms with Gasteiger partial charge in [0, 0.05) is 32.6 Å². The number of nitrogens with zero attached hydrogens (tertiary/aromatic N) is 2. The van der Waals surface area contributed by atoms with Gasteiger partial charge in [0.15, 0.2) is 5.66 Å². The number of hydrogen-bond acceptors (Lipinski definition) is 6. The Morgan fingerprint density at radius 1 is 0.681 bits per heavy atom. The maximum Gasteiger partial charge on any atom is 0.253 e. The van der Waals surface area contributed by atoms with E-state index in [9.17, 15) is 18.4 Å². The molecule has 2 aliphatic rings. The molecule has 10 heteroatoms. The molecular weight excluding hydrogens is 602 g/mol. The van der Waals surface area contributed by atoms with E-state index in [0.29, 0.717) is 57.1 Å². The highest BCUT2D eigenvalue weighted by Crippen LogP contribution is 2.37. The Balaban J connectivity index is 1.19. The number of carbonyl (C=O) groups excluding carboxylic acids is 2. The van der Waals surface area contributed by atoms with Crippen LogP contribution in [0.3, 0.4) is 0 Å². The van der Waals surface area contributed by atoms with Crippen LogP contribution in [0.5, 0.6) is 11.5 Å². The number of ether oxygens (including phenoxy) is 2. The van der Waals surface area contributed by atoms with Crippen molar-refractivity contribution in [1.29, 1.82) is 0 Å². The Morgan fingerprint density at radius 2 is 1.26 bits per heavy atom. The lowest BCUT2D eigenvalue weighted by Crippen LogP contribution is -2.68. The zero-order chi connectivity index (χ0) is 33.0. The van der Waals surface area contributed by atoms with Gasteiger partial charge in [-0.1, -0.05) is 36.4 Å². The molecule has 0 spiro atoms. The third kappa shape index (κ3) is 7.29. The van der Waals surface area contributed by atoms with Gasteiger partial charge < -0.3 is 20.9 Å². The molecule has 47 heavy (non-hydrogen) atoms. The van der Waals surface area contributed by atoms with Crippen LogP contribution >= 0.6 is 0 Å². The molecule has 1 unspecified atom stereocenters. The summed E-state index contributed by atoms with van der Waals surface area (Å²) < 4.78 is 38.8. The van der Waals surface area contributed by atoms with Crippen LogP contribution in [-0.4, -0.2) is 40.4 Å². The molecule has 0 radical (unpaired) electrons. The smallest absolute Gasteiger partial charge is 0.253 e. The average Bonchev–Trinajstić information content (AvgIpc) is 3.07. The van der Waals surface area contributed by atoms with Crippen molar-refractivity contribution in [2.75, 3.05) is 13.1 Å². The van der Waals surface area contributed by atoms with E-state index in [0.717, 1.165) is 33.4 Å². The Labute approximate surface area is 272 Å². The van der Waals surface area contributed by atoms with Gasteiger partial charge in [-0.15, -0.1) is 0 Å². The van der Waals surface area contributed by atoms with Gasteiger partial charge in [-0.2, -0.15) is 0 Å². The molecular formula is C37H38F2N4O4. The zero-order valence-corrected chi connectivity index (χ0v) is 26.1. The molecule has 2 heterocycles. The van der Waals surface area contributed by atoms with E-state index in [1.54, 1.807) is 18.2 Å². The summed E-state index contributed by atoms with van der Waals surface area (Å²) in [5.74, 6) is -0.205. The largest absolute Gasteiger partial charge is 0.489 e. The van der Waals surface area contributed by atoms with Gasteiger partial charge in [0.1, 0.15) is 36.3 Å². The van der Waals surface area contributed by atoms with Crippen LogP contribution in [0, 0.1) is 11.6 Å². The first-order chi connectivity index (χ1) is 22.7. The molecule has 6 rings (SSSR count). The molecule has 2 amide bonds. The number of rotatable bonds is 12. The van der Waals surface area contributed by atoms with E-state index < -0.39 is 17.5 Å². The lowest BCUT2D eigenvalue weighted by Gasteiger charge is -2.51. The highest BCUT2D eigenvalue weighted by Gasteiger charge is 2.49. The third-order valence-electron chi connectivity index (χ3n) is 9.15. The van der Waals surface area contributed by atoms with Crippen molar-refractivity contribution in [3.8, 4) is 11.5 Å². The van der Waals surface area contributed by atoms with Crippen molar-refractivity contribution >= 4 is 11.8 Å². The van der Waals surface area contributed by atoms with Gasteiger partial charge in [-0.3, -0.25) is 19.4 Å². The van der Waals surface area contributed by atoms with Gasteiger partial charge in [-0.25, -0.2) is 8.78 Å². The number of primary amides is 2. The lowest BCUT2D eigenvalue weighted by molar-refractivity contribution is -0.152. The van der Waals surface area contributed by atoms with Gasteiger partial charge in [-0.05, 0) is 101 Å². The molecule has 8 nitrogen and oxygen atoms in total. The van der Waals surface area contributed by atoms with Crippen molar-refractivity contribution in [2.45, 2.75) is 57.6 Å². The Morgan fingerprint density at radius 3 is 1.79 bits per heavy atom. The fraction of sp³-hybridized carbons (Fsp3) is 0.297. The minimum Gasteiger partial charge on any atom is -0.489 e. The molecule has 4 aromatic carbocycles. The van der Waals surface area contributed by atoms with E-state index in [-0.39, 0.29) is 31.1 Å². The first-order valence-corrected chi connectivity index (χ1v) is 15.8. The SMILES string of the molecule is NC(=O)CCC(C(N)=O)(N1CCc2cc(OCc3ccc(F)cc3)ccc2C1)N1CCc2cc(OCc3cccc(F)c3)ccc2C1. The third-order valence-corrected chi connectivity index (χ3v) is 9.15. The number of fused-ring (bicyclic) bond motifs is 2. The molecule has 0 saturated heterocycles. The Kier molecular flexibility index (Phi) is 9.51.